The molecule has 1 amide bonds. The highest BCUT2D eigenvalue weighted by Gasteiger charge is 2.29. The van der Waals surface area contributed by atoms with E-state index in [1.807, 2.05) is 38.1 Å². The fraction of sp³-hybridized carbons (Fsp3) is 0.158. The van der Waals surface area contributed by atoms with Gasteiger partial charge in [-0.15, -0.1) is 0 Å². The number of amides is 1. The summed E-state index contributed by atoms with van der Waals surface area (Å²) in [4.78, 5) is 12.7. The van der Waals surface area contributed by atoms with Gasteiger partial charge in [0.05, 0.1) is 6.20 Å². The van der Waals surface area contributed by atoms with E-state index in [-0.39, 0.29) is 17.1 Å². The number of nitrogens with zero attached hydrogens (tertiary/aromatic N) is 2. The molecule has 5 nitrogen and oxygen atoms in total. The van der Waals surface area contributed by atoms with Crippen molar-refractivity contribution in [1.29, 1.82) is 0 Å². The molecule has 0 unspecified atom stereocenters. The number of allylic oxidation sites excluding steroid dienone is 5. The molecule has 0 fully saturated rings. The van der Waals surface area contributed by atoms with Crippen molar-refractivity contribution in [3.05, 3.63) is 70.6 Å². The number of fused-ring (bicyclic) bond motifs is 1. The summed E-state index contributed by atoms with van der Waals surface area (Å²) >= 11 is 0. The van der Waals surface area contributed by atoms with Gasteiger partial charge in [-0.05, 0) is 48.8 Å². The van der Waals surface area contributed by atoms with Gasteiger partial charge in [0.1, 0.15) is 17.1 Å². The fourth-order valence-corrected chi connectivity index (χ4v) is 2.75. The lowest BCUT2D eigenvalue weighted by Gasteiger charge is -2.20. The molecule has 1 aliphatic carbocycles. The summed E-state index contributed by atoms with van der Waals surface area (Å²) in [6.45, 7) is 3.94. The summed E-state index contributed by atoms with van der Waals surface area (Å²) in [7, 11) is 0. The first-order chi connectivity index (χ1) is 12.4. The number of carbonyl (C=O) groups is 1. The Bertz CT molecular complexity index is 1010. The molecule has 4 rings (SSSR count). The first kappa shape index (κ1) is 16.3. The van der Waals surface area contributed by atoms with Gasteiger partial charge < -0.3 is 10.6 Å². The molecule has 0 saturated heterocycles. The second kappa shape index (κ2) is 5.94. The van der Waals surface area contributed by atoms with Crippen LogP contribution >= 0.6 is 0 Å². The molecule has 0 atom stereocenters. The topological polar surface area (TPSA) is 59.0 Å². The summed E-state index contributed by atoms with van der Waals surface area (Å²) in [5.41, 5.74) is 4.11. The molecule has 1 aromatic carbocycles. The van der Waals surface area contributed by atoms with E-state index >= 15 is 0 Å². The Kier molecular flexibility index (Phi) is 3.72. The van der Waals surface area contributed by atoms with E-state index in [2.05, 4.69) is 15.7 Å². The molecular weight excluding hydrogens is 338 g/mol. The number of rotatable bonds is 3. The third-order valence-corrected chi connectivity index (χ3v) is 4.44. The predicted molar refractivity (Wildman–Crippen MR) is 96.2 cm³/mol. The van der Waals surface area contributed by atoms with Crippen LogP contribution in [0.2, 0.25) is 0 Å². The molecule has 2 N–H and O–H groups in total. The Labute approximate surface area is 148 Å². The molecule has 26 heavy (non-hydrogen) atoms. The summed E-state index contributed by atoms with van der Waals surface area (Å²) in [6, 6.07) is 5.58. The Hall–Kier alpha value is -3.22. The summed E-state index contributed by atoms with van der Waals surface area (Å²) < 4.78 is 27.9. The average molecular weight is 354 g/mol. The maximum absolute atomic E-state index is 13.4. The van der Waals surface area contributed by atoms with Gasteiger partial charge in [-0.2, -0.15) is 5.10 Å². The first-order valence-electron chi connectivity index (χ1n) is 8.10. The maximum atomic E-state index is 13.4. The number of aryl methyl sites for hydroxylation is 2. The van der Waals surface area contributed by atoms with Gasteiger partial charge in [-0.1, -0.05) is 18.2 Å². The zero-order valence-electron chi connectivity index (χ0n) is 14.2. The van der Waals surface area contributed by atoms with Crippen LogP contribution in [0.4, 0.5) is 20.3 Å². The zero-order chi connectivity index (χ0) is 18.4. The molecule has 2 heterocycles. The molecular formula is C19H16F2N4O. The largest absolute Gasteiger partial charge is 0.339 e. The van der Waals surface area contributed by atoms with E-state index in [1.54, 1.807) is 6.07 Å². The highest BCUT2D eigenvalue weighted by Crippen LogP contribution is 2.34. The number of hydrogen-bond acceptors (Lipinski definition) is 3. The lowest BCUT2D eigenvalue weighted by Crippen LogP contribution is -2.20. The quantitative estimate of drug-likeness (QED) is 0.872. The van der Waals surface area contributed by atoms with Crippen molar-refractivity contribution in [3.63, 3.8) is 0 Å². The number of anilines is 2. The molecule has 2 aromatic rings. The molecule has 7 heteroatoms. The fourth-order valence-electron chi connectivity index (χ4n) is 2.75. The number of benzene rings is 1. The molecule has 0 bridgehead atoms. The second-order valence-corrected chi connectivity index (χ2v) is 6.27. The smallest absolute Gasteiger partial charge is 0.280 e. The number of aromatic nitrogens is 2. The minimum atomic E-state index is -2.71. The Morgan fingerprint density at radius 2 is 2.00 bits per heavy atom. The van der Waals surface area contributed by atoms with Crippen molar-refractivity contribution in [2.45, 2.75) is 20.3 Å². The van der Waals surface area contributed by atoms with Gasteiger partial charge in [0.2, 0.25) is 0 Å². The number of nitrogens with one attached hydrogen (secondary N) is 2. The van der Waals surface area contributed by atoms with E-state index < -0.39 is 12.3 Å². The van der Waals surface area contributed by atoms with Crippen LogP contribution in [0.25, 0.3) is 5.70 Å². The summed E-state index contributed by atoms with van der Waals surface area (Å²) in [6.07, 6.45) is 3.56. The molecule has 0 spiro atoms. The average Bonchev–Trinajstić information content (AvgIpc) is 3.36. The van der Waals surface area contributed by atoms with Crippen molar-refractivity contribution in [1.82, 2.24) is 9.78 Å². The van der Waals surface area contributed by atoms with Crippen LogP contribution in [0, 0.1) is 13.8 Å². The molecule has 0 saturated carbocycles. The molecule has 2 aliphatic rings. The van der Waals surface area contributed by atoms with Crippen LogP contribution < -0.4 is 10.6 Å². The maximum Gasteiger partial charge on any atom is 0.280 e. The van der Waals surface area contributed by atoms with Crippen molar-refractivity contribution >= 4 is 23.1 Å². The van der Waals surface area contributed by atoms with Crippen molar-refractivity contribution in [3.8, 4) is 0 Å². The zero-order valence-corrected chi connectivity index (χ0v) is 14.2. The van der Waals surface area contributed by atoms with Gasteiger partial charge >= 0.3 is 0 Å². The lowest BCUT2D eigenvalue weighted by molar-refractivity contribution is 0.102. The summed E-state index contributed by atoms with van der Waals surface area (Å²) in [5, 5.41) is 9.79. The summed E-state index contributed by atoms with van der Waals surface area (Å²) in [5.74, 6) is -0.175. The third-order valence-electron chi connectivity index (χ3n) is 4.44. The van der Waals surface area contributed by atoms with E-state index in [9.17, 15) is 13.6 Å². The van der Waals surface area contributed by atoms with E-state index in [0.717, 1.165) is 21.4 Å². The molecule has 132 valence electrons. The third kappa shape index (κ3) is 2.81. The number of alkyl halides is 2. The highest BCUT2D eigenvalue weighted by atomic mass is 19.3. The van der Waals surface area contributed by atoms with Gasteiger partial charge in [0.25, 0.3) is 12.3 Å². The van der Waals surface area contributed by atoms with Gasteiger partial charge in [0.15, 0.2) is 0 Å². The van der Waals surface area contributed by atoms with Crippen molar-refractivity contribution in [2.24, 2.45) is 0 Å². The van der Waals surface area contributed by atoms with Crippen LogP contribution in [0.1, 0.15) is 21.5 Å². The predicted octanol–water partition coefficient (Wildman–Crippen LogP) is 4.11. The molecule has 1 aromatic heterocycles. The van der Waals surface area contributed by atoms with Crippen molar-refractivity contribution in [2.75, 3.05) is 10.6 Å². The number of hydrogen-bond donors (Lipinski definition) is 2. The minimum Gasteiger partial charge on any atom is -0.339 e. The van der Waals surface area contributed by atoms with E-state index in [4.69, 9.17) is 0 Å². The normalized spacial score (nSPS) is 14.9. The number of carbonyl (C=O) groups excluding carboxylic acids is 1. The van der Waals surface area contributed by atoms with Crippen LogP contribution in [-0.2, 0) is 0 Å². The first-order valence-corrected chi connectivity index (χ1v) is 8.10. The van der Waals surface area contributed by atoms with E-state index in [1.165, 1.54) is 12.3 Å². The van der Waals surface area contributed by atoms with Crippen LogP contribution in [0.5, 0.6) is 0 Å². The van der Waals surface area contributed by atoms with Crippen LogP contribution in [0.3, 0.4) is 0 Å². The molecule has 1 aliphatic heterocycles. The Morgan fingerprint density at radius 1 is 1.23 bits per heavy atom. The van der Waals surface area contributed by atoms with E-state index in [0.29, 0.717) is 11.4 Å². The van der Waals surface area contributed by atoms with Crippen molar-refractivity contribution < 1.29 is 13.6 Å². The Morgan fingerprint density at radius 3 is 2.65 bits per heavy atom. The van der Waals surface area contributed by atoms with Gasteiger partial charge in [-0.25, -0.2) is 13.5 Å². The number of halogens is 2. The van der Waals surface area contributed by atoms with Gasteiger partial charge in [0, 0.05) is 11.4 Å². The Balaban J connectivity index is 1.67. The standard InChI is InChI=1S/C19H16F2N4O/c1-10-3-6-13(7-11(10)2)23-19(26)14-9-22-25-16(17(20)21)8-15(12-4-5-12)24-18(14)25/h3-9,17,24H,1-2H3,(H,23,26). The monoisotopic (exact) mass is 354 g/mol. The highest BCUT2D eigenvalue weighted by molar-refractivity contribution is 6.08. The van der Waals surface area contributed by atoms with Crippen LogP contribution in [0.15, 0.2) is 53.9 Å². The SMILES string of the molecule is Cc1ccc(NC(=O)c2cnn3c2NC(=C2C=C2)C=C3C(F)F)cc1C. The second-order valence-electron chi connectivity index (χ2n) is 6.27. The minimum absolute atomic E-state index is 0.202. The van der Waals surface area contributed by atoms with Gasteiger partial charge in [-0.3, -0.25) is 4.79 Å². The van der Waals surface area contributed by atoms with Crippen LogP contribution in [-0.4, -0.2) is 22.1 Å². The molecule has 0 radical (unpaired) electrons. The lowest BCUT2D eigenvalue weighted by atomic mass is 10.1.